The SMILES string of the molecule is Cc1ccc(O)c(C(=O)N(C)CCS(C)(=O)=O)c1. The van der Waals surface area contributed by atoms with Gasteiger partial charge in [-0.15, -0.1) is 0 Å². The summed E-state index contributed by atoms with van der Waals surface area (Å²) in [5.41, 5.74) is 1.04. The predicted octanol–water partition coefficient (Wildman–Crippen LogP) is 0.817. The summed E-state index contributed by atoms with van der Waals surface area (Å²) in [5.74, 6) is -0.585. The number of carbonyl (C=O) groups excluding carboxylic acids is 1. The van der Waals surface area contributed by atoms with Crippen molar-refractivity contribution < 1.29 is 18.3 Å². The van der Waals surface area contributed by atoms with Crippen LogP contribution in [0, 0.1) is 6.92 Å². The molecule has 0 bridgehead atoms. The van der Waals surface area contributed by atoms with Crippen LogP contribution in [0.15, 0.2) is 18.2 Å². The van der Waals surface area contributed by atoms with E-state index in [0.717, 1.165) is 11.8 Å². The lowest BCUT2D eigenvalue weighted by molar-refractivity contribution is 0.0800. The molecule has 0 saturated carbocycles. The van der Waals surface area contributed by atoms with E-state index in [2.05, 4.69) is 0 Å². The van der Waals surface area contributed by atoms with Crippen LogP contribution in [-0.4, -0.2) is 49.9 Å². The Bertz CT molecular complexity index is 551. The van der Waals surface area contributed by atoms with Gasteiger partial charge in [-0.25, -0.2) is 8.42 Å². The van der Waals surface area contributed by atoms with Gasteiger partial charge in [-0.3, -0.25) is 4.79 Å². The molecule has 1 N–H and O–H groups in total. The number of phenols is 1. The van der Waals surface area contributed by atoms with Crippen LogP contribution in [-0.2, 0) is 9.84 Å². The van der Waals surface area contributed by atoms with Gasteiger partial charge in [0, 0.05) is 19.8 Å². The monoisotopic (exact) mass is 271 g/mol. The quantitative estimate of drug-likeness (QED) is 0.879. The molecule has 18 heavy (non-hydrogen) atoms. The standard InChI is InChI=1S/C12H17NO4S/c1-9-4-5-11(14)10(8-9)12(15)13(2)6-7-18(3,16)17/h4-5,8,14H,6-7H2,1-3H3. The van der Waals surface area contributed by atoms with Gasteiger partial charge in [0.2, 0.25) is 0 Å². The molecule has 0 aliphatic heterocycles. The van der Waals surface area contributed by atoms with Gasteiger partial charge in [-0.1, -0.05) is 11.6 Å². The van der Waals surface area contributed by atoms with Crippen molar-refractivity contribution in [3.05, 3.63) is 29.3 Å². The lowest BCUT2D eigenvalue weighted by atomic mass is 10.1. The molecule has 6 heteroatoms. The van der Waals surface area contributed by atoms with E-state index >= 15 is 0 Å². The number of nitrogens with zero attached hydrogens (tertiary/aromatic N) is 1. The van der Waals surface area contributed by atoms with E-state index in [1.807, 2.05) is 6.92 Å². The minimum Gasteiger partial charge on any atom is -0.507 e. The molecule has 0 heterocycles. The number of carbonyl (C=O) groups is 1. The summed E-state index contributed by atoms with van der Waals surface area (Å²) >= 11 is 0. The third-order valence-corrected chi connectivity index (χ3v) is 3.45. The zero-order chi connectivity index (χ0) is 13.9. The first-order chi connectivity index (χ1) is 8.20. The van der Waals surface area contributed by atoms with Crippen LogP contribution < -0.4 is 0 Å². The Morgan fingerprint density at radius 1 is 1.39 bits per heavy atom. The highest BCUT2D eigenvalue weighted by atomic mass is 32.2. The lowest BCUT2D eigenvalue weighted by Crippen LogP contribution is -2.31. The van der Waals surface area contributed by atoms with Crippen LogP contribution in [0.1, 0.15) is 15.9 Å². The molecule has 5 nitrogen and oxygen atoms in total. The van der Waals surface area contributed by atoms with Crippen molar-refractivity contribution in [3.63, 3.8) is 0 Å². The highest BCUT2D eigenvalue weighted by Gasteiger charge is 2.17. The summed E-state index contributed by atoms with van der Waals surface area (Å²) in [6, 6.07) is 4.73. The second kappa shape index (κ2) is 5.39. The molecule has 0 radical (unpaired) electrons. The largest absolute Gasteiger partial charge is 0.507 e. The van der Waals surface area contributed by atoms with Crippen molar-refractivity contribution in [2.24, 2.45) is 0 Å². The van der Waals surface area contributed by atoms with Crippen molar-refractivity contribution in [2.45, 2.75) is 6.92 Å². The van der Waals surface area contributed by atoms with E-state index in [0.29, 0.717) is 0 Å². The molecule has 1 aromatic carbocycles. The summed E-state index contributed by atoms with van der Waals surface area (Å²) in [7, 11) is -1.60. The van der Waals surface area contributed by atoms with Gasteiger partial charge in [0.25, 0.3) is 5.91 Å². The summed E-state index contributed by atoms with van der Waals surface area (Å²) in [4.78, 5) is 13.3. The number of amides is 1. The highest BCUT2D eigenvalue weighted by Crippen LogP contribution is 2.19. The summed E-state index contributed by atoms with van der Waals surface area (Å²) < 4.78 is 22.1. The molecule has 100 valence electrons. The summed E-state index contributed by atoms with van der Waals surface area (Å²) in [6.07, 6.45) is 1.12. The van der Waals surface area contributed by atoms with Crippen molar-refractivity contribution in [1.82, 2.24) is 4.90 Å². The van der Waals surface area contributed by atoms with Gasteiger partial charge in [-0.2, -0.15) is 0 Å². The first-order valence-electron chi connectivity index (χ1n) is 5.43. The molecule has 0 saturated heterocycles. The average molecular weight is 271 g/mol. The van der Waals surface area contributed by atoms with E-state index in [4.69, 9.17) is 0 Å². The number of aromatic hydroxyl groups is 1. The molecular formula is C12H17NO4S. The van der Waals surface area contributed by atoms with Crippen LogP contribution in [0.3, 0.4) is 0 Å². The average Bonchev–Trinajstić information content (AvgIpc) is 2.27. The predicted molar refractivity (Wildman–Crippen MR) is 69.5 cm³/mol. The highest BCUT2D eigenvalue weighted by molar-refractivity contribution is 7.90. The molecule has 0 atom stereocenters. The molecule has 0 fully saturated rings. The second-order valence-electron chi connectivity index (χ2n) is 4.38. The number of benzene rings is 1. The number of hydrogen-bond acceptors (Lipinski definition) is 4. The van der Waals surface area contributed by atoms with Crippen molar-refractivity contribution in [1.29, 1.82) is 0 Å². The minimum atomic E-state index is -3.11. The second-order valence-corrected chi connectivity index (χ2v) is 6.64. The van der Waals surface area contributed by atoms with E-state index in [1.165, 1.54) is 18.0 Å². The van der Waals surface area contributed by atoms with Gasteiger partial charge in [0.1, 0.15) is 15.6 Å². The van der Waals surface area contributed by atoms with Gasteiger partial charge in [0.15, 0.2) is 0 Å². The maximum Gasteiger partial charge on any atom is 0.257 e. The van der Waals surface area contributed by atoms with Crippen LogP contribution in [0.5, 0.6) is 5.75 Å². The number of hydrogen-bond donors (Lipinski definition) is 1. The number of aryl methyl sites for hydroxylation is 1. The molecular weight excluding hydrogens is 254 g/mol. The smallest absolute Gasteiger partial charge is 0.257 e. The van der Waals surface area contributed by atoms with Gasteiger partial charge >= 0.3 is 0 Å². The maximum absolute atomic E-state index is 12.0. The van der Waals surface area contributed by atoms with Gasteiger partial charge in [0.05, 0.1) is 11.3 Å². The molecule has 1 rings (SSSR count). The Kier molecular flexibility index (Phi) is 4.34. The molecule has 0 spiro atoms. The Balaban J connectivity index is 2.83. The first kappa shape index (κ1) is 14.5. The van der Waals surface area contributed by atoms with Crippen LogP contribution >= 0.6 is 0 Å². The summed E-state index contributed by atoms with van der Waals surface area (Å²) in [6.45, 7) is 1.91. The third-order valence-electron chi connectivity index (χ3n) is 2.53. The van der Waals surface area contributed by atoms with Crippen LogP contribution in [0.25, 0.3) is 0 Å². The molecule has 0 aliphatic carbocycles. The number of rotatable bonds is 4. The van der Waals surface area contributed by atoms with E-state index in [1.54, 1.807) is 12.1 Å². The Morgan fingerprint density at radius 3 is 2.56 bits per heavy atom. The Labute approximate surface area is 107 Å². The molecule has 0 unspecified atom stereocenters. The number of phenolic OH excluding ortho intramolecular Hbond substituents is 1. The van der Waals surface area contributed by atoms with Crippen molar-refractivity contribution in [3.8, 4) is 5.75 Å². The molecule has 0 aromatic heterocycles. The van der Waals surface area contributed by atoms with Gasteiger partial charge < -0.3 is 10.0 Å². The Morgan fingerprint density at radius 2 is 2.00 bits per heavy atom. The fourth-order valence-corrected chi connectivity index (χ4v) is 2.04. The fourth-order valence-electron chi connectivity index (χ4n) is 1.43. The normalized spacial score (nSPS) is 11.3. The van der Waals surface area contributed by atoms with Crippen molar-refractivity contribution >= 4 is 15.7 Å². The first-order valence-corrected chi connectivity index (χ1v) is 7.49. The zero-order valence-corrected chi connectivity index (χ0v) is 11.5. The van der Waals surface area contributed by atoms with Crippen molar-refractivity contribution in [2.75, 3.05) is 25.6 Å². The third kappa shape index (κ3) is 4.03. The molecule has 1 aromatic rings. The zero-order valence-electron chi connectivity index (χ0n) is 10.7. The summed E-state index contributed by atoms with van der Waals surface area (Å²) in [5, 5.41) is 9.62. The molecule has 1 amide bonds. The minimum absolute atomic E-state index is 0.0954. The maximum atomic E-state index is 12.0. The van der Waals surface area contributed by atoms with E-state index in [-0.39, 0.29) is 29.5 Å². The fraction of sp³-hybridized carbons (Fsp3) is 0.417. The topological polar surface area (TPSA) is 74.7 Å². The van der Waals surface area contributed by atoms with Crippen LogP contribution in [0.4, 0.5) is 0 Å². The number of sulfone groups is 1. The van der Waals surface area contributed by atoms with Crippen LogP contribution in [0.2, 0.25) is 0 Å². The molecule has 0 aliphatic rings. The van der Waals surface area contributed by atoms with E-state index < -0.39 is 9.84 Å². The lowest BCUT2D eigenvalue weighted by Gasteiger charge is -2.17. The van der Waals surface area contributed by atoms with Gasteiger partial charge in [-0.05, 0) is 19.1 Å². The van der Waals surface area contributed by atoms with E-state index in [9.17, 15) is 18.3 Å². The Hall–Kier alpha value is -1.56.